The Morgan fingerprint density at radius 1 is 1.12 bits per heavy atom. The van der Waals surface area contributed by atoms with E-state index in [1.165, 1.54) is 0 Å². The van der Waals surface area contributed by atoms with E-state index in [0.29, 0.717) is 11.3 Å². The molecule has 1 aliphatic rings. The molecule has 1 aliphatic heterocycles. The number of alkyl halides is 1. The molecule has 0 fully saturated rings. The fourth-order valence-corrected chi connectivity index (χ4v) is 2.53. The van der Waals surface area contributed by atoms with Gasteiger partial charge in [0.2, 0.25) is 0 Å². The fourth-order valence-electron chi connectivity index (χ4n) is 2.34. The normalized spacial score (nSPS) is 16.6. The summed E-state index contributed by atoms with van der Waals surface area (Å²) < 4.78 is 10.3. The maximum Gasteiger partial charge on any atom is 0.346 e. The number of halogens is 1. The molecule has 0 aliphatic carbocycles. The Balaban J connectivity index is 1.86. The second-order valence-electron chi connectivity index (χ2n) is 5.68. The molecular formula is C19H16ClNO4. The van der Waals surface area contributed by atoms with Crippen molar-refractivity contribution in [2.24, 2.45) is 0 Å². The summed E-state index contributed by atoms with van der Waals surface area (Å²) in [5.41, 5.74) is 3.14. The van der Waals surface area contributed by atoms with Gasteiger partial charge in [-0.25, -0.2) is 9.59 Å². The highest BCUT2D eigenvalue weighted by Gasteiger charge is 2.37. The first-order valence-electron chi connectivity index (χ1n) is 7.67. The molecule has 0 saturated heterocycles. The zero-order chi connectivity index (χ0) is 18.0. The number of anilines is 1. The summed E-state index contributed by atoms with van der Waals surface area (Å²) in [6, 6.07) is 14.5. The SMILES string of the molecule is Cc1ccc(NC2=C(OC(=O)c3ccccc3C)OC(=O)C2Cl)cc1. The van der Waals surface area contributed by atoms with Crippen molar-refractivity contribution in [1.29, 1.82) is 0 Å². The molecule has 0 radical (unpaired) electrons. The number of benzene rings is 2. The van der Waals surface area contributed by atoms with Gasteiger partial charge in [-0.3, -0.25) is 0 Å². The lowest BCUT2D eigenvalue weighted by molar-refractivity contribution is -0.139. The number of esters is 2. The van der Waals surface area contributed by atoms with Crippen molar-refractivity contribution in [3.05, 3.63) is 76.9 Å². The van der Waals surface area contributed by atoms with Gasteiger partial charge in [-0.2, -0.15) is 0 Å². The summed E-state index contributed by atoms with van der Waals surface area (Å²) in [5.74, 6) is -1.53. The fraction of sp³-hybridized carbons (Fsp3) is 0.158. The van der Waals surface area contributed by atoms with E-state index < -0.39 is 17.3 Å². The Bertz CT molecular complexity index is 858. The average Bonchev–Trinajstić information content (AvgIpc) is 2.84. The number of ether oxygens (including phenoxy) is 2. The highest BCUT2D eigenvalue weighted by molar-refractivity contribution is 6.33. The zero-order valence-corrected chi connectivity index (χ0v) is 14.5. The van der Waals surface area contributed by atoms with E-state index in [0.717, 1.165) is 11.1 Å². The number of hydrogen-bond acceptors (Lipinski definition) is 5. The topological polar surface area (TPSA) is 64.6 Å². The van der Waals surface area contributed by atoms with Crippen molar-refractivity contribution in [2.75, 3.05) is 5.32 Å². The van der Waals surface area contributed by atoms with Gasteiger partial charge in [0, 0.05) is 5.69 Å². The molecular weight excluding hydrogens is 342 g/mol. The molecule has 0 aromatic heterocycles. The molecule has 1 atom stereocenters. The number of nitrogens with one attached hydrogen (secondary N) is 1. The first kappa shape index (κ1) is 17.0. The van der Waals surface area contributed by atoms with Gasteiger partial charge in [-0.05, 0) is 37.6 Å². The lowest BCUT2D eigenvalue weighted by Gasteiger charge is -2.10. The van der Waals surface area contributed by atoms with Crippen molar-refractivity contribution in [2.45, 2.75) is 19.2 Å². The van der Waals surface area contributed by atoms with Crippen LogP contribution >= 0.6 is 11.6 Å². The van der Waals surface area contributed by atoms with Crippen LogP contribution in [0.4, 0.5) is 5.69 Å². The van der Waals surface area contributed by atoms with Crippen LogP contribution < -0.4 is 5.32 Å². The van der Waals surface area contributed by atoms with Crippen LogP contribution in [0, 0.1) is 13.8 Å². The Labute approximate surface area is 150 Å². The Morgan fingerprint density at radius 2 is 1.80 bits per heavy atom. The van der Waals surface area contributed by atoms with Crippen molar-refractivity contribution < 1.29 is 19.1 Å². The number of carbonyl (C=O) groups is 2. The van der Waals surface area contributed by atoms with Gasteiger partial charge in [0.25, 0.3) is 0 Å². The standard InChI is InChI=1S/C19H16ClNO4/c1-11-7-9-13(10-8-11)21-16-15(20)18(23)25-19(16)24-17(22)14-6-4-3-5-12(14)2/h3-10,15,21H,1-2H3. The van der Waals surface area contributed by atoms with Crippen molar-refractivity contribution in [3.8, 4) is 0 Å². The quantitative estimate of drug-likeness (QED) is 0.664. The minimum absolute atomic E-state index is 0.206. The summed E-state index contributed by atoms with van der Waals surface area (Å²) >= 11 is 6.08. The van der Waals surface area contributed by atoms with E-state index in [9.17, 15) is 9.59 Å². The number of carbonyl (C=O) groups excluding carboxylic acids is 2. The third-order valence-corrected chi connectivity index (χ3v) is 4.15. The molecule has 2 aromatic rings. The minimum Gasteiger partial charge on any atom is -0.390 e. The van der Waals surface area contributed by atoms with Crippen molar-refractivity contribution in [1.82, 2.24) is 0 Å². The molecule has 128 valence electrons. The number of rotatable bonds is 4. The Hall–Kier alpha value is -2.79. The second kappa shape index (κ2) is 6.99. The number of cyclic esters (lactones) is 1. The molecule has 25 heavy (non-hydrogen) atoms. The van der Waals surface area contributed by atoms with Gasteiger partial charge >= 0.3 is 17.9 Å². The molecule has 5 nitrogen and oxygen atoms in total. The van der Waals surface area contributed by atoms with Gasteiger partial charge in [0.1, 0.15) is 5.70 Å². The summed E-state index contributed by atoms with van der Waals surface area (Å²) in [6.07, 6.45) is 0. The Morgan fingerprint density at radius 3 is 2.48 bits per heavy atom. The van der Waals surface area contributed by atoms with Crippen LogP contribution in [0.2, 0.25) is 0 Å². The van der Waals surface area contributed by atoms with Crippen LogP contribution in [-0.2, 0) is 14.3 Å². The molecule has 6 heteroatoms. The van der Waals surface area contributed by atoms with Crippen LogP contribution in [0.25, 0.3) is 0 Å². The van der Waals surface area contributed by atoms with Crippen LogP contribution in [0.15, 0.2) is 60.2 Å². The monoisotopic (exact) mass is 357 g/mol. The maximum atomic E-state index is 12.4. The first-order valence-corrected chi connectivity index (χ1v) is 8.11. The van der Waals surface area contributed by atoms with Crippen LogP contribution in [-0.4, -0.2) is 17.3 Å². The van der Waals surface area contributed by atoms with E-state index in [1.807, 2.05) is 37.3 Å². The van der Waals surface area contributed by atoms with Gasteiger partial charge in [-0.15, -0.1) is 11.6 Å². The molecule has 1 heterocycles. The highest BCUT2D eigenvalue weighted by atomic mass is 35.5. The predicted octanol–water partition coefficient (Wildman–Crippen LogP) is 3.91. The van der Waals surface area contributed by atoms with E-state index in [2.05, 4.69) is 5.32 Å². The van der Waals surface area contributed by atoms with Gasteiger partial charge in [0.05, 0.1) is 5.56 Å². The van der Waals surface area contributed by atoms with Crippen LogP contribution in [0.1, 0.15) is 21.5 Å². The van der Waals surface area contributed by atoms with E-state index in [1.54, 1.807) is 25.1 Å². The number of hydrogen-bond donors (Lipinski definition) is 1. The number of aryl methyl sites for hydroxylation is 2. The van der Waals surface area contributed by atoms with E-state index in [-0.39, 0.29) is 11.6 Å². The summed E-state index contributed by atoms with van der Waals surface area (Å²) in [5, 5.41) is 1.93. The van der Waals surface area contributed by atoms with E-state index in [4.69, 9.17) is 21.1 Å². The largest absolute Gasteiger partial charge is 0.390 e. The molecule has 0 bridgehead atoms. The Kier molecular flexibility index (Phi) is 4.76. The van der Waals surface area contributed by atoms with Crippen molar-refractivity contribution >= 4 is 29.2 Å². The van der Waals surface area contributed by atoms with E-state index >= 15 is 0 Å². The maximum absolute atomic E-state index is 12.4. The minimum atomic E-state index is -1.07. The van der Waals surface area contributed by atoms with Gasteiger partial charge < -0.3 is 14.8 Å². The third-order valence-electron chi connectivity index (χ3n) is 3.75. The lowest BCUT2D eigenvalue weighted by atomic mass is 10.1. The lowest BCUT2D eigenvalue weighted by Crippen LogP contribution is -2.15. The highest BCUT2D eigenvalue weighted by Crippen LogP contribution is 2.29. The van der Waals surface area contributed by atoms with Gasteiger partial charge in [-0.1, -0.05) is 35.9 Å². The molecule has 0 spiro atoms. The molecule has 1 N–H and O–H groups in total. The predicted molar refractivity (Wildman–Crippen MR) is 94.2 cm³/mol. The first-order chi connectivity index (χ1) is 12.0. The van der Waals surface area contributed by atoms with Crippen LogP contribution in [0.3, 0.4) is 0 Å². The molecule has 0 saturated carbocycles. The summed E-state index contributed by atoms with van der Waals surface area (Å²) in [4.78, 5) is 24.2. The third kappa shape index (κ3) is 3.67. The van der Waals surface area contributed by atoms with Gasteiger partial charge in [0.15, 0.2) is 5.38 Å². The summed E-state index contributed by atoms with van der Waals surface area (Å²) in [7, 11) is 0. The molecule has 1 unspecified atom stereocenters. The molecule has 0 amide bonds. The molecule has 3 rings (SSSR count). The van der Waals surface area contributed by atoms with Crippen molar-refractivity contribution in [3.63, 3.8) is 0 Å². The summed E-state index contributed by atoms with van der Waals surface area (Å²) in [6.45, 7) is 3.76. The smallest absolute Gasteiger partial charge is 0.346 e. The second-order valence-corrected chi connectivity index (χ2v) is 6.12. The average molecular weight is 358 g/mol. The zero-order valence-electron chi connectivity index (χ0n) is 13.7. The molecule has 2 aromatic carbocycles. The van der Waals surface area contributed by atoms with Crippen LogP contribution in [0.5, 0.6) is 0 Å².